The Labute approximate surface area is 172 Å². The van der Waals surface area contributed by atoms with Gasteiger partial charge in [0, 0.05) is 25.7 Å². The van der Waals surface area contributed by atoms with Crippen LogP contribution in [0.4, 0.5) is 4.39 Å². The molecule has 1 aromatic carbocycles. The van der Waals surface area contributed by atoms with E-state index in [2.05, 4.69) is 10.2 Å². The van der Waals surface area contributed by atoms with E-state index in [0.717, 1.165) is 24.5 Å². The normalized spacial score (nSPS) is 22.1. The number of benzene rings is 1. The second-order valence-electron chi connectivity index (χ2n) is 7.32. The van der Waals surface area contributed by atoms with Crippen LogP contribution in [0.15, 0.2) is 23.2 Å². The molecule has 1 unspecified atom stereocenters. The van der Waals surface area contributed by atoms with Gasteiger partial charge >= 0.3 is 0 Å². The lowest BCUT2D eigenvalue weighted by Gasteiger charge is -2.33. The Morgan fingerprint density at radius 3 is 2.81 bits per heavy atom. The molecule has 1 fully saturated rings. The Kier molecular flexibility index (Phi) is 7.29. The summed E-state index contributed by atoms with van der Waals surface area (Å²) in [6.45, 7) is 6.05. The zero-order valence-electron chi connectivity index (χ0n) is 15.2. The van der Waals surface area contributed by atoms with E-state index < -0.39 is 9.84 Å². The lowest BCUT2D eigenvalue weighted by Crippen LogP contribution is -2.46. The second kappa shape index (κ2) is 8.86. The Hall–Kier alpha value is -0.900. The van der Waals surface area contributed by atoms with E-state index in [1.165, 1.54) is 11.6 Å². The lowest BCUT2D eigenvalue weighted by atomic mass is 10.00. The van der Waals surface area contributed by atoms with E-state index in [-0.39, 0.29) is 53.3 Å². The third kappa shape index (κ3) is 5.55. The van der Waals surface area contributed by atoms with Gasteiger partial charge in [-0.15, -0.1) is 24.0 Å². The molecule has 1 aromatic rings. The molecule has 2 aliphatic heterocycles. The SMILES string of the molecule is CC(C)NC(=NCC1CCS(=O)(=O)C1)N1CCc2ccc(F)cc2C1.I. The molecule has 5 nitrogen and oxygen atoms in total. The number of guanidine groups is 1. The first-order valence-electron chi connectivity index (χ1n) is 8.86. The Balaban J connectivity index is 0.00000243. The van der Waals surface area contributed by atoms with Gasteiger partial charge in [0.25, 0.3) is 0 Å². The quantitative estimate of drug-likeness (QED) is 0.398. The van der Waals surface area contributed by atoms with Crippen molar-refractivity contribution in [3.63, 3.8) is 0 Å². The number of sulfone groups is 1. The van der Waals surface area contributed by atoms with Crippen molar-refractivity contribution in [2.75, 3.05) is 24.6 Å². The number of rotatable bonds is 3. The van der Waals surface area contributed by atoms with E-state index in [1.54, 1.807) is 6.07 Å². The van der Waals surface area contributed by atoms with Crippen LogP contribution in [0.2, 0.25) is 0 Å². The molecular formula is C18H27FIN3O2S. The minimum absolute atomic E-state index is 0. The van der Waals surface area contributed by atoms with Crippen molar-refractivity contribution in [1.82, 2.24) is 10.2 Å². The Morgan fingerprint density at radius 1 is 1.38 bits per heavy atom. The number of nitrogens with one attached hydrogen (secondary N) is 1. The summed E-state index contributed by atoms with van der Waals surface area (Å²) in [7, 11) is -2.88. The van der Waals surface area contributed by atoms with Gasteiger partial charge in [-0.2, -0.15) is 0 Å². The van der Waals surface area contributed by atoms with Gasteiger partial charge in [0.15, 0.2) is 15.8 Å². The smallest absolute Gasteiger partial charge is 0.194 e. The van der Waals surface area contributed by atoms with Crippen molar-refractivity contribution < 1.29 is 12.8 Å². The highest BCUT2D eigenvalue weighted by Gasteiger charge is 2.28. The van der Waals surface area contributed by atoms with E-state index in [4.69, 9.17) is 4.99 Å². The van der Waals surface area contributed by atoms with Gasteiger partial charge < -0.3 is 10.2 Å². The average molecular weight is 495 g/mol. The summed E-state index contributed by atoms with van der Waals surface area (Å²) in [6.07, 6.45) is 1.54. The lowest BCUT2D eigenvalue weighted by molar-refractivity contribution is 0.371. The number of aliphatic imine (C=N–C) groups is 1. The molecule has 1 atom stereocenters. The Bertz CT molecular complexity index is 768. The van der Waals surface area contributed by atoms with Crippen LogP contribution in [0.25, 0.3) is 0 Å². The predicted molar refractivity (Wildman–Crippen MR) is 113 cm³/mol. The first kappa shape index (κ1) is 21.4. The van der Waals surface area contributed by atoms with Crippen molar-refractivity contribution >= 4 is 39.8 Å². The van der Waals surface area contributed by atoms with Crippen LogP contribution >= 0.6 is 24.0 Å². The first-order chi connectivity index (χ1) is 11.8. The van der Waals surface area contributed by atoms with Gasteiger partial charge in [0.2, 0.25) is 0 Å². The first-order valence-corrected chi connectivity index (χ1v) is 10.7. The molecule has 0 amide bonds. The minimum Gasteiger partial charge on any atom is -0.354 e. The van der Waals surface area contributed by atoms with Gasteiger partial charge in [-0.1, -0.05) is 6.07 Å². The molecule has 0 bridgehead atoms. The summed E-state index contributed by atoms with van der Waals surface area (Å²) < 4.78 is 36.8. The highest BCUT2D eigenvalue weighted by molar-refractivity contribution is 14.0. The van der Waals surface area contributed by atoms with Crippen LogP contribution in [0, 0.1) is 11.7 Å². The maximum atomic E-state index is 13.5. The van der Waals surface area contributed by atoms with E-state index in [1.807, 2.05) is 19.9 Å². The van der Waals surface area contributed by atoms with Gasteiger partial charge in [0.05, 0.1) is 11.5 Å². The fourth-order valence-electron chi connectivity index (χ4n) is 3.43. The zero-order valence-corrected chi connectivity index (χ0v) is 18.4. The summed E-state index contributed by atoms with van der Waals surface area (Å²) in [5.41, 5.74) is 2.18. The topological polar surface area (TPSA) is 61.8 Å². The average Bonchev–Trinajstić information content (AvgIpc) is 2.89. The maximum Gasteiger partial charge on any atom is 0.194 e. The van der Waals surface area contributed by atoms with Gasteiger partial charge in [-0.3, -0.25) is 4.99 Å². The summed E-state index contributed by atoms with van der Waals surface area (Å²) in [6, 6.07) is 5.19. The molecule has 0 saturated carbocycles. The van der Waals surface area contributed by atoms with E-state index >= 15 is 0 Å². The second-order valence-corrected chi connectivity index (χ2v) is 9.55. The summed E-state index contributed by atoms with van der Waals surface area (Å²) in [5, 5.41) is 3.37. The standard InChI is InChI=1S/C18H26FN3O2S.HI/c1-13(2)21-18(20-10-14-6-8-25(23,24)12-14)22-7-5-15-3-4-17(19)9-16(15)11-22;/h3-4,9,13-14H,5-8,10-12H2,1-2H3,(H,20,21);1H. The van der Waals surface area contributed by atoms with Crippen LogP contribution in [-0.2, 0) is 22.8 Å². The minimum atomic E-state index is -2.88. The molecule has 0 spiro atoms. The van der Waals surface area contributed by atoms with Crippen LogP contribution in [-0.4, -0.2) is 49.9 Å². The molecule has 8 heteroatoms. The summed E-state index contributed by atoms with van der Waals surface area (Å²) in [4.78, 5) is 6.83. The third-order valence-corrected chi connectivity index (χ3v) is 6.56. The highest BCUT2D eigenvalue weighted by atomic mass is 127. The van der Waals surface area contributed by atoms with Gasteiger partial charge in [-0.25, -0.2) is 12.8 Å². The largest absolute Gasteiger partial charge is 0.354 e. The van der Waals surface area contributed by atoms with Gasteiger partial charge in [-0.05, 0) is 55.9 Å². The summed E-state index contributed by atoms with van der Waals surface area (Å²) in [5.74, 6) is 1.18. The number of hydrogen-bond acceptors (Lipinski definition) is 3. The fraction of sp³-hybridized carbons (Fsp3) is 0.611. The molecule has 0 radical (unpaired) electrons. The van der Waals surface area contributed by atoms with Crippen molar-refractivity contribution in [2.45, 2.75) is 39.3 Å². The van der Waals surface area contributed by atoms with Crippen molar-refractivity contribution in [3.8, 4) is 0 Å². The van der Waals surface area contributed by atoms with E-state index in [0.29, 0.717) is 19.5 Å². The van der Waals surface area contributed by atoms with Crippen LogP contribution in [0.1, 0.15) is 31.4 Å². The summed E-state index contributed by atoms with van der Waals surface area (Å²) >= 11 is 0. The molecule has 146 valence electrons. The van der Waals surface area contributed by atoms with Crippen LogP contribution in [0.5, 0.6) is 0 Å². The van der Waals surface area contributed by atoms with Crippen molar-refractivity contribution in [3.05, 3.63) is 35.1 Å². The molecule has 1 N–H and O–H groups in total. The zero-order chi connectivity index (χ0) is 18.0. The van der Waals surface area contributed by atoms with Crippen LogP contribution < -0.4 is 5.32 Å². The molecular weight excluding hydrogens is 468 g/mol. The fourth-order valence-corrected chi connectivity index (χ4v) is 5.28. The molecule has 3 rings (SSSR count). The Morgan fingerprint density at radius 2 is 2.15 bits per heavy atom. The molecule has 0 aromatic heterocycles. The predicted octanol–water partition coefficient (Wildman–Crippen LogP) is 2.59. The number of fused-ring (bicyclic) bond motifs is 1. The molecule has 26 heavy (non-hydrogen) atoms. The van der Waals surface area contributed by atoms with E-state index in [9.17, 15) is 12.8 Å². The number of halogens is 2. The molecule has 0 aliphatic carbocycles. The molecule has 2 aliphatic rings. The van der Waals surface area contributed by atoms with Crippen molar-refractivity contribution in [1.29, 1.82) is 0 Å². The van der Waals surface area contributed by atoms with Gasteiger partial charge in [0.1, 0.15) is 5.82 Å². The number of hydrogen-bond donors (Lipinski definition) is 1. The molecule has 1 saturated heterocycles. The van der Waals surface area contributed by atoms with Crippen LogP contribution in [0.3, 0.4) is 0 Å². The number of nitrogens with zero attached hydrogens (tertiary/aromatic N) is 2. The monoisotopic (exact) mass is 495 g/mol. The van der Waals surface area contributed by atoms with Crippen molar-refractivity contribution in [2.24, 2.45) is 10.9 Å². The maximum absolute atomic E-state index is 13.5. The highest BCUT2D eigenvalue weighted by Crippen LogP contribution is 2.21. The molecule has 2 heterocycles. The third-order valence-electron chi connectivity index (χ3n) is 4.72.